The van der Waals surface area contributed by atoms with Gasteiger partial charge >= 0.3 is 12.1 Å². The van der Waals surface area contributed by atoms with Crippen LogP contribution in [-0.2, 0) is 20.7 Å². The van der Waals surface area contributed by atoms with Crippen LogP contribution in [0.2, 0.25) is 0 Å². The number of rotatable bonds is 7. The van der Waals surface area contributed by atoms with Gasteiger partial charge in [0.25, 0.3) is 0 Å². The number of nitrogens with zero attached hydrogens (tertiary/aromatic N) is 2. The van der Waals surface area contributed by atoms with Crippen molar-refractivity contribution >= 4 is 12.1 Å². The predicted octanol–water partition coefficient (Wildman–Crippen LogP) is 1.65. The smallest absolute Gasteiger partial charge is 0.409 e. The van der Waals surface area contributed by atoms with Gasteiger partial charge in [0.2, 0.25) is 0 Å². The maximum Gasteiger partial charge on any atom is 0.409 e. The number of amides is 1. The average molecular weight is 280 g/mol. The Kier molecular flexibility index (Phi) is 7.10. The Bertz CT molecular complexity index is 422. The molecule has 110 valence electrons. The molecule has 0 unspecified atom stereocenters. The van der Waals surface area contributed by atoms with Crippen LogP contribution < -0.4 is 0 Å². The number of aromatic nitrogens is 1. The number of esters is 1. The topological polar surface area (TPSA) is 68.7 Å². The van der Waals surface area contributed by atoms with E-state index in [0.717, 1.165) is 5.69 Å². The van der Waals surface area contributed by atoms with Crippen LogP contribution in [0.1, 0.15) is 19.0 Å². The largest absolute Gasteiger partial charge is 0.466 e. The molecule has 20 heavy (non-hydrogen) atoms. The highest BCUT2D eigenvalue weighted by molar-refractivity contribution is 5.67. The number of hydrogen-bond acceptors (Lipinski definition) is 5. The number of likely N-dealkylation sites (N-methyl/N-ethyl adjacent to an activating group) is 1. The molecule has 0 aliphatic rings. The first-order valence-electron chi connectivity index (χ1n) is 6.50. The third kappa shape index (κ3) is 6.72. The second kappa shape index (κ2) is 8.90. The van der Waals surface area contributed by atoms with Crippen molar-refractivity contribution < 1.29 is 19.1 Å². The first-order chi connectivity index (χ1) is 9.59. The van der Waals surface area contributed by atoms with Crippen LogP contribution in [0.4, 0.5) is 4.79 Å². The predicted molar refractivity (Wildman–Crippen MR) is 73.2 cm³/mol. The molecule has 0 spiro atoms. The fraction of sp³-hybridized carbons (Fsp3) is 0.500. The van der Waals surface area contributed by atoms with Crippen molar-refractivity contribution in [2.24, 2.45) is 0 Å². The Hall–Kier alpha value is -2.11. The quantitative estimate of drug-likeness (QED) is 0.561. The maximum atomic E-state index is 11.6. The Balaban J connectivity index is 2.14. The molecule has 0 aliphatic carbocycles. The molecule has 1 aromatic rings. The molecule has 0 aromatic carbocycles. The van der Waals surface area contributed by atoms with E-state index in [0.29, 0.717) is 19.4 Å². The summed E-state index contributed by atoms with van der Waals surface area (Å²) in [5, 5.41) is 0. The van der Waals surface area contributed by atoms with Crippen molar-refractivity contribution in [1.29, 1.82) is 0 Å². The fourth-order valence-corrected chi connectivity index (χ4v) is 1.46. The summed E-state index contributed by atoms with van der Waals surface area (Å²) < 4.78 is 9.79. The van der Waals surface area contributed by atoms with E-state index in [2.05, 4.69) is 4.98 Å². The average Bonchev–Trinajstić information content (AvgIpc) is 2.45. The zero-order chi connectivity index (χ0) is 14.8. The summed E-state index contributed by atoms with van der Waals surface area (Å²) in [6.45, 7) is 2.39. The van der Waals surface area contributed by atoms with Crippen molar-refractivity contribution in [3.8, 4) is 0 Å². The van der Waals surface area contributed by atoms with Gasteiger partial charge in [0, 0.05) is 45.2 Å². The Labute approximate surface area is 118 Å². The second-order valence-electron chi connectivity index (χ2n) is 4.30. The van der Waals surface area contributed by atoms with E-state index in [1.165, 1.54) is 11.8 Å². The van der Waals surface area contributed by atoms with Crippen molar-refractivity contribution in [2.45, 2.75) is 19.8 Å². The summed E-state index contributed by atoms with van der Waals surface area (Å²) in [6.07, 6.45) is 2.52. The maximum absolute atomic E-state index is 11.6. The Morgan fingerprint density at radius 1 is 1.25 bits per heavy atom. The van der Waals surface area contributed by atoms with Gasteiger partial charge in [0.1, 0.15) is 0 Å². The lowest BCUT2D eigenvalue weighted by Crippen LogP contribution is -2.30. The minimum atomic E-state index is -0.385. The highest BCUT2D eigenvalue weighted by atomic mass is 16.6. The zero-order valence-corrected chi connectivity index (χ0v) is 11.9. The lowest BCUT2D eigenvalue weighted by molar-refractivity contribution is -0.141. The van der Waals surface area contributed by atoms with E-state index < -0.39 is 0 Å². The van der Waals surface area contributed by atoms with Crippen LogP contribution in [0.3, 0.4) is 0 Å². The molecule has 0 atom stereocenters. The van der Waals surface area contributed by atoms with E-state index >= 15 is 0 Å². The highest BCUT2D eigenvalue weighted by Crippen LogP contribution is 1.98. The molecule has 6 nitrogen and oxygen atoms in total. The second-order valence-corrected chi connectivity index (χ2v) is 4.30. The van der Waals surface area contributed by atoms with Gasteiger partial charge in [-0.2, -0.15) is 0 Å². The molecule has 1 aromatic heterocycles. The third-order valence-electron chi connectivity index (χ3n) is 2.56. The van der Waals surface area contributed by atoms with Crippen molar-refractivity contribution in [2.75, 3.05) is 26.8 Å². The van der Waals surface area contributed by atoms with Crippen LogP contribution in [-0.4, -0.2) is 48.8 Å². The number of ether oxygens (including phenoxy) is 2. The molecule has 0 saturated heterocycles. The number of carbonyl (C=O) groups is 2. The van der Waals surface area contributed by atoms with E-state index in [1.807, 2.05) is 18.2 Å². The third-order valence-corrected chi connectivity index (χ3v) is 2.56. The number of hydrogen-bond donors (Lipinski definition) is 0. The molecule has 0 radical (unpaired) electrons. The van der Waals surface area contributed by atoms with Gasteiger partial charge in [0.05, 0.1) is 13.2 Å². The summed E-state index contributed by atoms with van der Waals surface area (Å²) in [7, 11) is 1.68. The normalized spacial score (nSPS) is 9.90. The van der Waals surface area contributed by atoms with Crippen LogP contribution in [0.25, 0.3) is 0 Å². The molecule has 0 fully saturated rings. The lowest BCUT2D eigenvalue weighted by Gasteiger charge is -2.16. The van der Waals surface area contributed by atoms with Crippen LogP contribution in [0, 0.1) is 0 Å². The van der Waals surface area contributed by atoms with E-state index in [-0.39, 0.29) is 25.3 Å². The molecule has 0 bridgehead atoms. The fourth-order valence-electron chi connectivity index (χ4n) is 1.46. The van der Waals surface area contributed by atoms with Gasteiger partial charge in [-0.05, 0) is 12.1 Å². The molecule has 1 amide bonds. The Morgan fingerprint density at radius 2 is 2.00 bits per heavy atom. The molecule has 1 rings (SSSR count). The van der Waals surface area contributed by atoms with Gasteiger partial charge < -0.3 is 14.4 Å². The van der Waals surface area contributed by atoms with Gasteiger partial charge in [-0.3, -0.25) is 9.78 Å². The van der Waals surface area contributed by atoms with E-state index in [4.69, 9.17) is 9.47 Å². The molecular formula is C14H20N2O4. The minimum Gasteiger partial charge on any atom is -0.466 e. The van der Waals surface area contributed by atoms with Gasteiger partial charge in [-0.25, -0.2) is 4.79 Å². The SMILES string of the molecule is CC(=O)OCCCOC(=O)N(C)CCc1ccccn1. The van der Waals surface area contributed by atoms with Crippen molar-refractivity contribution in [1.82, 2.24) is 9.88 Å². The molecule has 1 heterocycles. The van der Waals surface area contributed by atoms with Gasteiger partial charge in [-0.15, -0.1) is 0 Å². The zero-order valence-electron chi connectivity index (χ0n) is 11.9. The monoisotopic (exact) mass is 280 g/mol. The number of carbonyl (C=O) groups excluding carboxylic acids is 2. The van der Waals surface area contributed by atoms with Crippen LogP contribution in [0.5, 0.6) is 0 Å². The number of pyridine rings is 1. The van der Waals surface area contributed by atoms with Gasteiger partial charge in [-0.1, -0.05) is 6.07 Å². The lowest BCUT2D eigenvalue weighted by atomic mass is 10.2. The summed E-state index contributed by atoms with van der Waals surface area (Å²) >= 11 is 0. The first-order valence-corrected chi connectivity index (χ1v) is 6.50. The minimum absolute atomic E-state index is 0.236. The van der Waals surface area contributed by atoms with E-state index in [9.17, 15) is 9.59 Å². The van der Waals surface area contributed by atoms with E-state index in [1.54, 1.807) is 13.2 Å². The summed E-state index contributed by atoms with van der Waals surface area (Å²) in [5.41, 5.74) is 0.932. The molecule has 0 saturated carbocycles. The first kappa shape index (κ1) is 15.9. The molecule has 0 aliphatic heterocycles. The van der Waals surface area contributed by atoms with Crippen molar-refractivity contribution in [3.63, 3.8) is 0 Å². The molecular weight excluding hydrogens is 260 g/mol. The molecule has 0 N–H and O–H groups in total. The molecule has 6 heteroatoms. The summed E-state index contributed by atoms with van der Waals surface area (Å²) in [6, 6.07) is 5.68. The standard InChI is InChI=1S/C14H20N2O4/c1-12(17)19-10-5-11-20-14(18)16(2)9-7-13-6-3-4-8-15-13/h3-4,6,8H,5,7,9-11H2,1-2H3. The van der Waals surface area contributed by atoms with Crippen LogP contribution >= 0.6 is 0 Å². The summed E-state index contributed by atoms with van der Waals surface area (Å²) in [5.74, 6) is -0.330. The van der Waals surface area contributed by atoms with Crippen molar-refractivity contribution in [3.05, 3.63) is 30.1 Å². The van der Waals surface area contributed by atoms with Crippen LogP contribution in [0.15, 0.2) is 24.4 Å². The summed E-state index contributed by atoms with van der Waals surface area (Å²) in [4.78, 5) is 27.8. The Morgan fingerprint density at radius 3 is 2.65 bits per heavy atom. The highest BCUT2D eigenvalue weighted by Gasteiger charge is 2.09. The van der Waals surface area contributed by atoms with Gasteiger partial charge in [0.15, 0.2) is 0 Å².